The fraction of sp³-hybridized carbons (Fsp3) is 1.00. The monoisotopic (exact) mass is 266 g/mol. The smallest absolute Gasteiger partial charge is 0.0249 e. The lowest BCUT2D eigenvalue weighted by Gasteiger charge is -2.41. The van der Waals surface area contributed by atoms with Crippen LogP contribution in [0.4, 0.5) is 0 Å². The molecule has 0 aromatic rings. The molecule has 2 rings (SSSR count). The summed E-state index contributed by atoms with van der Waals surface area (Å²) in [5.41, 5.74) is 0. The van der Waals surface area contributed by atoms with Gasteiger partial charge in [0.15, 0.2) is 0 Å². The van der Waals surface area contributed by atoms with Gasteiger partial charge in [-0.15, -0.1) is 0 Å². The van der Waals surface area contributed by atoms with Crippen molar-refractivity contribution in [2.24, 2.45) is 5.92 Å². The first-order valence-electron chi connectivity index (χ1n) is 8.82. The molecular weight excluding hydrogens is 232 g/mol. The number of nitrogens with zero attached hydrogens (tertiary/aromatic N) is 1. The first-order chi connectivity index (χ1) is 9.35. The van der Waals surface area contributed by atoms with Crippen molar-refractivity contribution in [3.63, 3.8) is 0 Å². The van der Waals surface area contributed by atoms with E-state index in [2.05, 4.69) is 24.1 Å². The third-order valence-corrected chi connectivity index (χ3v) is 5.29. The minimum absolute atomic E-state index is 0.741. The molecule has 112 valence electrons. The molecular formula is C17H34N2. The highest BCUT2D eigenvalue weighted by Crippen LogP contribution is 2.30. The summed E-state index contributed by atoms with van der Waals surface area (Å²) < 4.78 is 0. The molecule has 0 bridgehead atoms. The maximum Gasteiger partial charge on any atom is 0.0249 e. The van der Waals surface area contributed by atoms with Gasteiger partial charge in [0.05, 0.1) is 0 Å². The zero-order valence-corrected chi connectivity index (χ0v) is 13.2. The molecule has 2 aliphatic rings. The second-order valence-electron chi connectivity index (χ2n) is 6.61. The first kappa shape index (κ1) is 15.3. The predicted molar refractivity (Wildman–Crippen MR) is 83.5 cm³/mol. The van der Waals surface area contributed by atoms with Crippen molar-refractivity contribution in [2.75, 3.05) is 19.6 Å². The Balaban J connectivity index is 1.95. The Kier molecular flexibility index (Phi) is 6.66. The van der Waals surface area contributed by atoms with Gasteiger partial charge in [-0.25, -0.2) is 0 Å². The van der Waals surface area contributed by atoms with Gasteiger partial charge in [-0.1, -0.05) is 46.0 Å². The van der Waals surface area contributed by atoms with Crippen LogP contribution in [0.1, 0.15) is 71.6 Å². The van der Waals surface area contributed by atoms with E-state index in [0.717, 1.165) is 24.5 Å². The fourth-order valence-electron chi connectivity index (χ4n) is 3.91. The van der Waals surface area contributed by atoms with E-state index >= 15 is 0 Å². The molecule has 2 saturated carbocycles. The van der Waals surface area contributed by atoms with Gasteiger partial charge < -0.3 is 5.32 Å². The van der Waals surface area contributed by atoms with Gasteiger partial charge in [0.25, 0.3) is 0 Å². The molecule has 19 heavy (non-hydrogen) atoms. The number of likely N-dealkylation sites (N-methyl/N-ethyl adjacent to an activating group) is 2. The lowest BCUT2D eigenvalue weighted by atomic mass is 9.83. The molecule has 2 fully saturated rings. The molecule has 2 aliphatic carbocycles. The molecule has 1 N–H and O–H groups in total. The summed E-state index contributed by atoms with van der Waals surface area (Å²) in [5, 5.41) is 3.78. The Morgan fingerprint density at radius 2 is 1.63 bits per heavy atom. The quantitative estimate of drug-likeness (QED) is 0.786. The highest BCUT2D eigenvalue weighted by molar-refractivity contribution is 4.87. The van der Waals surface area contributed by atoms with Crippen molar-refractivity contribution < 1.29 is 0 Å². The summed E-state index contributed by atoms with van der Waals surface area (Å²) in [7, 11) is 0. The summed E-state index contributed by atoms with van der Waals surface area (Å²) in [4.78, 5) is 2.81. The number of hydrogen-bond acceptors (Lipinski definition) is 2. The van der Waals surface area contributed by atoms with Crippen LogP contribution in [0.5, 0.6) is 0 Å². The molecule has 0 radical (unpaired) electrons. The molecule has 2 nitrogen and oxygen atoms in total. The largest absolute Gasteiger partial charge is 0.313 e. The van der Waals surface area contributed by atoms with Crippen molar-refractivity contribution in [1.82, 2.24) is 10.2 Å². The summed E-state index contributed by atoms with van der Waals surface area (Å²) in [6.07, 6.45) is 13.0. The molecule has 0 aromatic heterocycles. The van der Waals surface area contributed by atoms with E-state index < -0.39 is 0 Å². The van der Waals surface area contributed by atoms with E-state index in [-0.39, 0.29) is 0 Å². The van der Waals surface area contributed by atoms with Crippen LogP contribution in [0.2, 0.25) is 0 Å². The summed E-state index contributed by atoms with van der Waals surface area (Å²) >= 11 is 0. The van der Waals surface area contributed by atoms with Gasteiger partial charge in [0.1, 0.15) is 0 Å². The van der Waals surface area contributed by atoms with E-state index in [0.29, 0.717) is 0 Å². The van der Waals surface area contributed by atoms with Gasteiger partial charge in [0, 0.05) is 18.6 Å². The number of nitrogens with one attached hydrogen (secondary N) is 1. The lowest BCUT2D eigenvalue weighted by Crippen LogP contribution is -2.52. The Bertz CT molecular complexity index is 237. The molecule has 0 spiro atoms. The molecule has 0 amide bonds. The van der Waals surface area contributed by atoms with E-state index in [1.54, 1.807) is 0 Å². The number of hydrogen-bond donors (Lipinski definition) is 1. The van der Waals surface area contributed by atoms with E-state index in [4.69, 9.17) is 0 Å². The Hall–Kier alpha value is -0.0800. The van der Waals surface area contributed by atoms with Crippen LogP contribution < -0.4 is 5.32 Å². The zero-order valence-electron chi connectivity index (χ0n) is 13.2. The SMILES string of the molecule is CCNC1CCCCCCC1N(CC)CC1CCC1. The standard InChI is InChI=1S/C17H34N2/c1-3-18-16-12-7-5-6-8-13-17(16)19(4-2)14-15-10-9-11-15/h15-18H,3-14H2,1-2H3. The third-order valence-electron chi connectivity index (χ3n) is 5.29. The van der Waals surface area contributed by atoms with Gasteiger partial charge in [-0.2, -0.15) is 0 Å². The minimum atomic E-state index is 0.741. The fourth-order valence-corrected chi connectivity index (χ4v) is 3.91. The van der Waals surface area contributed by atoms with Crippen molar-refractivity contribution in [3.8, 4) is 0 Å². The zero-order chi connectivity index (χ0) is 13.5. The third kappa shape index (κ3) is 4.46. The van der Waals surface area contributed by atoms with Gasteiger partial charge in [0.2, 0.25) is 0 Å². The van der Waals surface area contributed by atoms with Crippen LogP contribution in [0.3, 0.4) is 0 Å². The molecule has 2 heteroatoms. The topological polar surface area (TPSA) is 15.3 Å². The van der Waals surface area contributed by atoms with Crippen molar-refractivity contribution in [1.29, 1.82) is 0 Å². The second kappa shape index (κ2) is 8.26. The van der Waals surface area contributed by atoms with Crippen LogP contribution in [-0.4, -0.2) is 36.6 Å². The highest BCUT2D eigenvalue weighted by Gasteiger charge is 2.29. The minimum Gasteiger partial charge on any atom is -0.313 e. The summed E-state index contributed by atoms with van der Waals surface area (Å²) in [6, 6.07) is 1.54. The van der Waals surface area contributed by atoms with Gasteiger partial charge in [-0.05, 0) is 44.7 Å². The molecule has 2 atom stereocenters. The van der Waals surface area contributed by atoms with Crippen LogP contribution >= 0.6 is 0 Å². The molecule has 0 aliphatic heterocycles. The number of rotatable bonds is 6. The van der Waals surface area contributed by atoms with Crippen LogP contribution in [0, 0.1) is 5.92 Å². The maximum atomic E-state index is 3.78. The van der Waals surface area contributed by atoms with Gasteiger partial charge in [-0.3, -0.25) is 4.90 Å². The van der Waals surface area contributed by atoms with E-state index in [9.17, 15) is 0 Å². The normalized spacial score (nSPS) is 29.8. The van der Waals surface area contributed by atoms with Crippen molar-refractivity contribution in [3.05, 3.63) is 0 Å². The first-order valence-corrected chi connectivity index (χ1v) is 8.82. The van der Waals surface area contributed by atoms with Crippen molar-refractivity contribution >= 4 is 0 Å². The van der Waals surface area contributed by atoms with Crippen molar-refractivity contribution in [2.45, 2.75) is 83.7 Å². The Morgan fingerprint density at radius 1 is 0.895 bits per heavy atom. The summed E-state index contributed by atoms with van der Waals surface area (Å²) in [6.45, 7) is 8.35. The van der Waals surface area contributed by atoms with Gasteiger partial charge >= 0.3 is 0 Å². The molecule has 0 aromatic carbocycles. The van der Waals surface area contributed by atoms with E-state index in [1.165, 1.54) is 70.9 Å². The Labute approximate surface area is 120 Å². The lowest BCUT2D eigenvalue weighted by molar-refractivity contribution is 0.0988. The van der Waals surface area contributed by atoms with Crippen LogP contribution in [-0.2, 0) is 0 Å². The average molecular weight is 266 g/mol. The molecule has 0 saturated heterocycles. The highest BCUT2D eigenvalue weighted by atomic mass is 15.2. The molecule has 0 heterocycles. The average Bonchev–Trinajstić information content (AvgIpc) is 2.34. The van der Waals surface area contributed by atoms with Crippen LogP contribution in [0.15, 0.2) is 0 Å². The molecule has 2 unspecified atom stereocenters. The predicted octanol–water partition coefficient (Wildman–Crippen LogP) is 3.81. The maximum absolute atomic E-state index is 3.78. The summed E-state index contributed by atoms with van der Waals surface area (Å²) in [5.74, 6) is 1.01. The van der Waals surface area contributed by atoms with E-state index in [1.807, 2.05) is 0 Å². The van der Waals surface area contributed by atoms with Crippen LogP contribution in [0.25, 0.3) is 0 Å². The second-order valence-corrected chi connectivity index (χ2v) is 6.61. The Morgan fingerprint density at radius 3 is 2.21 bits per heavy atom.